The van der Waals surface area contributed by atoms with Gasteiger partial charge in [0, 0.05) is 19.2 Å². The van der Waals surface area contributed by atoms with Crippen molar-refractivity contribution in [3.8, 4) is 33.6 Å². The Morgan fingerprint density at radius 1 is 0.878 bits per heavy atom. The number of carbonyl (C=O) groups excluding carboxylic acids is 2. The van der Waals surface area contributed by atoms with Crippen molar-refractivity contribution >= 4 is 12.2 Å². The van der Waals surface area contributed by atoms with Crippen LogP contribution >= 0.6 is 0 Å². The van der Waals surface area contributed by atoms with Crippen LogP contribution in [0.2, 0.25) is 0 Å². The van der Waals surface area contributed by atoms with Crippen LogP contribution in [0.1, 0.15) is 90.7 Å². The summed E-state index contributed by atoms with van der Waals surface area (Å²) in [5.41, 5.74) is 1.12. The van der Waals surface area contributed by atoms with Crippen LogP contribution in [0.15, 0.2) is 54.7 Å². The minimum absolute atomic E-state index is 0.0817. The lowest BCUT2D eigenvalue weighted by atomic mass is 10.0. The molecule has 1 fully saturated rings. The quantitative estimate of drug-likeness (QED) is 0.210. The van der Waals surface area contributed by atoms with Crippen molar-refractivity contribution in [1.82, 2.24) is 29.7 Å². The zero-order valence-corrected chi connectivity index (χ0v) is 29.0. The maximum atomic E-state index is 14.2. The van der Waals surface area contributed by atoms with Crippen molar-refractivity contribution in [2.24, 2.45) is 0 Å². The number of nitrogens with one attached hydrogen (secondary N) is 2. The Bertz CT molecular complexity index is 1780. The molecule has 0 aliphatic carbocycles. The van der Waals surface area contributed by atoms with Gasteiger partial charge in [0.05, 0.1) is 29.7 Å². The molecule has 0 unspecified atom stereocenters. The third-order valence-electron chi connectivity index (χ3n) is 8.14. The third-order valence-corrected chi connectivity index (χ3v) is 8.14. The summed E-state index contributed by atoms with van der Waals surface area (Å²) < 4.78 is 53.5. The normalized spacial score (nSPS) is 16.1. The van der Waals surface area contributed by atoms with Gasteiger partial charge in [-0.25, -0.2) is 19.6 Å². The average Bonchev–Trinajstić information content (AvgIpc) is 3.78. The van der Waals surface area contributed by atoms with Crippen LogP contribution in [0.3, 0.4) is 0 Å². The van der Waals surface area contributed by atoms with E-state index in [1.165, 1.54) is 9.80 Å². The Labute approximate surface area is 284 Å². The van der Waals surface area contributed by atoms with E-state index in [1.54, 1.807) is 58.3 Å². The molecule has 10 nitrogen and oxygen atoms in total. The molecule has 2 aromatic carbocycles. The van der Waals surface area contributed by atoms with Gasteiger partial charge in [0.15, 0.2) is 5.69 Å². The first-order chi connectivity index (χ1) is 22.8. The summed E-state index contributed by atoms with van der Waals surface area (Å²) in [6.45, 7) is 12.9. The molecule has 0 radical (unpaired) electrons. The summed E-state index contributed by atoms with van der Waals surface area (Å²) in [5.74, 6) is 0.687. The monoisotopic (exact) mass is 680 g/mol. The number of imidazole rings is 2. The molecule has 0 spiro atoms. The van der Waals surface area contributed by atoms with Gasteiger partial charge in [-0.2, -0.15) is 13.2 Å². The maximum absolute atomic E-state index is 14.2. The summed E-state index contributed by atoms with van der Waals surface area (Å²) in [5, 5.41) is 0. The summed E-state index contributed by atoms with van der Waals surface area (Å²) in [6, 6.07) is 13.4. The third kappa shape index (κ3) is 8.26. The SMILES string of the molecule is C[C@@H](c1ncc(-c2ccc(-c3ccc(-c4[nH]c([C@@H]5CCCN5C(=O)OC(C)(C)C)nc4C(F)(F)F)cc3)cc2)[nH]1)N(C)C(=O)OC(C)(C)C. The molecule has 3 heterocycles. The minimum Gasteiger partial charge on any atom is -0.444 e. The number of aromatic amines is 2. The lowest BCUT2D eigenvalue weighted by molar-refractivity contribution is -0.140. The van der Waals surface area contributed by atoms with Gasteiger partial charge in [0.25, 0.3) is 0 Å². The highest BCUT2D eigenvalue weighted by atomic mass is 19.4. The Kier molecular flexibility index (Phi) is 9.59. The number of halogens is 3. The summed E-state index contributed by atoms with van der Waals surface area (Å²) >= 11 is 0. The molecule has 2 aromatic heterocycles. The van der Waals surface area contributed by atoms with Crippen molar-refractivity contribution in [2.75, 3.05) is 13.6 Å². The molecule has 5 rings (SSSR count). The van der Waals surface area contributed by atoms with Gasteiger partial charge in [-0.05, 0) is 78.0 Å². The number of ether oxygens (including phenoxy) is 2. The molecular formula is C36H43F3N6O4. The average molecular weight is 681 g/mol. The number of rotatable bonds is 6. The van der Waals surface area contributed by atoms with Crippen molar-refractivity contribution in [1.29, 1.82) is 0 Å². The number of hydrogen-bond donors (Lipinski definition) is 2. The lowest BCUT2D eigenvalue weighted by Gasteiger charge is -2.27. The van der Waals surface area contributed by atoms with Crippen LogP contribution in [0.5, 0.6) is 0 Å². The van der Waals surface area contributed by atoms with Crippen LogP contribution in [-0.2, 0) is 15.7 Å². The Morgan fingerprint density at radius 2 is 1.43 bits per heavy atom. The van der Waals surface area contributed by atoms with Gasteiger partial charge in [-0.1, -0.05) is 48.5 Å². The van der Waals surface area contributed by atoms with Crippen molar-refractivity contribution in [3.05, 3.63) is 72.1 Å². The van der Waals surface area contributed by atoms with E-state index in [4.69, 9.17) is 9.47 Å². The van der Waals surface area contributed by atoms with Crippen LogP contribution in [0.4, 0.5) is 22.8 Å². The van der Waals surface area contributed by atoms with E-state index < -0.39 is 41.3 Å². The van der Waals surface area contributed by atoms with Crippen LogP contribution in [0.25, 0.3) is 33.6 Å². The highest BCUT2D eigenvalue weighted by Crippen LogP contribution is 2.40. The summed E-state index contributed by atoms with van der Waals surface area (Å²) in [4.78, 5) is 42.8. The van der Waals surface area contributed by atoms with Gasteiger partial charge in [-0.3, -0.25) is 4.90 Å². The van der Waals surface area contributed by atoms with Gasteiger partial charge in [0.2, 0.25) is 0 Å². The fraction of sp³-hybridized carbons (Fsp3) is 0.444. The maximum Gasteiger partial charge on any atom is 0.435 e. The molecule has 1 aliphatic rings. The molecule has 4 aromatic rings. The molecule has 49 heavy (non-hydrogen) atoms. The number of hydrogen-bond acceptors (Lipinski definition) is 6. The summed E-state index contributed by atoms with van der Waals surface area (Å²) in [7, 11) is 1.66. The number of likely N-dealkylation sites (tertiary alicyclic amines) is 1. The second kappa shape index (κ2) is 13.2. The molecule has 2 atom stereocenters. The number of H-pyrrole nitrogens is 2. The predicted octanol–water partition coefficient (Wildman–Crippen LogP) is 9.15. The zero-order chi connectivity index (χ0) is 35.9. The fourth-order valence-electron chi connectivity index (χ4n) is 5.60. The molecule has 262 valence electrons. The van der Waals surface area contributed by atoms with Crippen LogP contribution < -0.4 is 0 Å². The van der Waals surface area contributed by atoms with E-state index in [2.05, 4.69) is 19.9 Å². The molecule has 0 bridgehead atoms. The van der Waals surface area contributed by atoms with E-state index in [0.717, 1.165) is 22.4 Å². The fourth-order valence-corrected chi connectivity index (χ4v) is 5.60. The van der Waals surface area contributed by atoms with Gasteiger partial charge in [-0.15, -0.1) is 0 Å². The highest BCUT2D eigenvalue weighted by molar-refractivity contribution is 5.73. The number of alkyl halides is 3. The topological polar surface area (TPSA) is 116 Å². The van der Waals surface area contributed by atoms with Crippen LogP contribution in [-0.4, -0.2) is 66.7 Å². The van der Waals surface area contributed by atoms with Crippen molar-refractivity contribution < 1.29 is 32.2 Å². The van der Waals surface area contributed by atoms with Crippen molar-refractivity contribution in [2.45, 2.75) is 90.8 Å². The number of carbonyl (C=O) groups is 2. The second-order valence-corrected chi connectivity index (χ2v) is 14.3. The minimum atomic E-state index is -4.70. The Balaban J connectivity index is 1.33. The molecular weight excluding hydrogens is 637 g/mol. The molecule has 1 aliphatic heterocycles. The van der Waals surface area contributed by atoms with E-state index >= 15 is 0 Å². The molecule has 2 amide bonds. The van der Waals surface area contributed by atoms with Crippen LogP contribution in [0, 0.1) is 0 Å². The van der Waals surface area contributed by atoms with E-state index in [0.29, 0.717) is 30.8 Å². The van der Waals surface area contributed by atoms with E-state index in [1.807, 2.05) is 52.0 Å². The standard InChI is InChI=1S/C36H43F3N6O4/c1-21(44(8)32(46)48-34(2,3)4)30-40-20-26(41-30)24-15-11-22(12-16-24)23-13-17-25(18-14-23)28-29(36(37,38)39)43-31(42-28)27-10-9-19-45(27)33(47)49-35(5,6)7/h11-18,20-21,27H,9-10,19H2,1-8H3,(H,40,41)(H,42,43)/t21-,27-/m0/s1. The smallest absolute Gasteiger partial charge is 0.435 e. The second-order valence-electron chi connectivity index (χ2n) is 14.3. The van der Waals surface area contributed by atoms with Gasteiger partial charge < -0.3 is 24.3 Å². The number of nitrogens with zero attached hydrogens (tertiary/aromatic N) is 4. The summed E-state index contributed by atoms with van der Waals surface area (Å²) in [6.07, 6.45) is -2.93. The predicted molar refractivity (Wildman–Crippen MR) is 179 cm³/mol. The Morgan fingerprint density at radius 3 is 1.98 bits per heavy atom. The molecule has 2 N–H and O–H groups in total. The van der Waals surface area contributed by atoms with Crippen molar-refractivity contribution in [3.63, 3.8) is 0 Å². The largest absolute Gasteiger partial charge is 0.444 e. The van der Waals surface area contributed by atoms with Gasteiger partial charge in [0.1, 0.15) is 22.9 Å². The Hall–Kier alpha value is -4.81. The number of benzene rings is 2. The molecule has 13 heteroatoms. The van der Waals surface area contributed by atoms with Gasteiger partial charge >= 0.3 is 18.4 Å². The lowest BCUT2D eigenvalue weighted by Crippen LogP contribution is -2.36. The first-order valence-electron chi connectivity index (χ1n) is 16.2. The zero-order valence-electron chi connectivity index (χ0n) is 29.0. The van der Waals surface area contributed by atoms with E-state index in [9.17, 15) is 22.8 Å². The number of amides is 2. The first-order valence-corrected chi connectivity index (χ1v) is 16.2. The molecule has 0 saturated carbocycles. The number of aromatic nitrogens is 4. The highest BCUT2D eigenvalue weighted by Gasteiger charge is 2.41. The first kappa shape index (κ1) is 35.5. The molecule has 1 saturated heterocycles. The van der Waals surface area contributed by atoms with E-state index in [-0.39, 0.29) is 17.6 Å².